The number of hydrogen-bond donors (Lipinski definition) is 1. The molecule has 76 valence electrons. The molecule has 0 amide bonds. The van der Waals surface area contributed by atoms with Crippen LogP contribution in [0.3, 0.4) is 0 Å². The van der Waals surface area contributed by atoms with Crippen LogP contribution in [-0.2, 0) is 0 Å². The van der Waals surface area contributed by atoms with Crippen molar-refractivity contribution in [3.05, 3.63) is 0 Å². The van der Waals surface area contributed by atoms with E-state index >= 15 is 0 Å². The molecule has 2 aliphatic rings. The fourth-order valence-electron chi connectivity index (χ4n) is 2.35. The van der Waals surface area contributed by atoms with Gasteiger partial charge in [-0.25, -0.2) is 0 Å². The second-order valence-electron chi connectivity index (χ2n) is 5.03. The zero-order chi connectivity index (χ0) is 9.26. The lowest BCUT2D eigenvalue weighted by Crippen LogP contribution is -2.43. The number of hydrogen-bond acceptors (Lipinski definition) is 2. The van der Waals surface area contributed by atoms with Gasteiger partial charge in [0, 0.05) is 13.1 Å². The molecule has 2 nitrogen and oxygen atoms in total. The number of likely N-dealkylation sites (tertiary alicyclic amines) is 1. The fourth-order valence-corrected chi connectivity index (χ4v) is 2.35. The topological polar surface area (TPSA) is 15.3 Å². The molecule has 2 aliphatic heterocycles. The van der Waals surface area contributed by atoms with Gasteiger partial charge >= 0.3 is 0 Å². The van der Waals surface area contributed by atoms with Gasteiger partial charge in [0.05, 0.1) is 0 Å². The molecule has 0 aromatic rings. The van der Waals surface area contributed by atoms with Crippen LogP contribution in [0.25, 0.3) is 0 Å². The molecule has 0 aliphatic carbocycles. The van der Waals surface area contributed by atoms with E-state index in [9.17, 15) is 0 Å². The first kappa shape index (κ1) is 9.47. The maximum absolute atomic E-state index is 3.34. The molecule has 2 saturated heterocycles. The Morgan fingerprint density at radius 1 is 1.15 bits per heavy atom. The van der Waals surface area contributed by atoms with Crippen LogP contribution in [0.15, 0.2) is 0 Å². The summed E-state index contributed by atoms with van der Waals surface area (Å²) in [6, 6.07) is 0. The van der Waals surface area contributed by atoms with Gasteiger partial charge in [-0.15, -0.1) is 0 Å². The molecule has 2 fully saturated rings. The largest absolute Gasteiger partial charge is 0.316 e. The van der Waals surface area contributed by atoms with E-state index in [-0.39, 0.29) is 0 Å². The summed E-state index contributed by atoms with van der Waals surface area (Å²) in [6.07, 6.45) is 1.41. The molecule has 0 aromatic heterocycles. The Kier molecular flexibility index (Phi) is 2.89. The predicted molar refractivity (Wildman–Crippen MR) is 55.7 cm³/mol. The molecule has 0 aromatic carbocycles. The molecule has 2 rings (SSSR count). The second-order valence-corrected chi connectivity index (χ2v) is 5.03. The van der Waals surface area contributed by atoms with Crippen molar-refractivity contribution in [3.63, 3.8) is 0 Å². The third-order valence-electron chi connectivity index (χ3n) is 3.78. The average molecular weight is 182 g/mol. The van der Waals surface area contributed by atoms with E-state index in [0.717, 1.165) is 17.8 Å². The van der Waals surface area contributed by atoms with Crippen molar-refractivity contribution in [3.8, 4) is 0 Å². The van der Waals surface area contributed by atoms with Gasteiger partial charge in [-0.3, -0.25) is 0 Å². The van der Waals surface area contributed by atoms with E-state index in [0.29, 0.717) is 0 Å². The molecule has 0 radical (unpaired) electrons. The quantitative estimate of drug-likeness (QED) is 0.705. The van der Waals surface area contributed by atoms with Gasteiger partial charge in [0.2, 0.25) is 0 Å². The lowest BCUT2D eigenvalue weighted by Gasteiger charge is -2.28. The summed E-state index contributed by atoms with van der Waals surface area (Å²) in [5.74, 6) is 2.81. The summed E-state index contributed by atoms with van der Waals surface area (Å²) in [4.78, 5) is 2.65. The third-order valence-corrected chi connectivity index (χ3v) is 3.78. The number of rotatable bonds is 3. The Morgan fingerprint density at radius 3 is 2.23 bits per heavy atom. The van der Waals surface area contributed by atoms with Crippen LogP contribution >= 0.6 is 0 Å². The highest BCUT2D eigenvalue weighted by atomic mass is 15.1. The predicted octanol–water partition coefficient (Wildman–Crippen LogP) is 1.18. The van der Waals surface area contributed by atoms with Crippen LogP contribution in [0.4, 0.5) is 0 Å². The van der Waals surface area contributed by atoms with Crippen molar-refractivity contribution >= 4 is 0 Å². The highest BCUT2D eigenvalue weighted by Crippen LogP contribution is 2.22. The van der Waals surface area contributed by atoms with Crippen molar-refractivity contribution in [1.82, 2.24) is 10.2 Å². The highest BCUT2D eigenvalue weighted by Gasteiger charge is 2.26. The van der Waals surface area contributed by atoms with Crippen LogP contribution in [0.2, 0.25) is 0 Å². The molecule has 2 unspecified atom stereocenters. The maximum Gasteiger partial charge on any atom is 0.00102 e. The summed E-state index contributed by atoms with van der Waals surface area (Å²) in [5.41, 5.74) is 0. The Morgan fingerprint density at radius 2 is 1.77 bits per heavy atom. The summed E-state index contributed by atoms with van der Waals surface area (Å²) >= 11 is 0. The first-order valence-electron chi connectivity index (χ1n) is 5.69. The molecule has 0 bridgehead atoms. The SMILES string of the molecule is CC1CN(CCC2CNC2)CC1C. The average Bonchev–Trinajstić information content (AvgIpc) is 2.28. The Balaban J connectivity index is 1.65. The summed E-state index contributed by atoms with van der Waals surface area (Å²) in [7, 11) is 0. The molecule has 2 heterocycles. The van der Waals surface area contributed by atoms with Gasteiger partial charge in [0.15, 0.2) is 0 Å². The van der Waals surface area contributed by atoms with Crippen LogP contribution in [0.5, 0.6) is 0 Å². The fraction of sp³-hybridized carbons (Fsp3) is 1.00. The van der Waals surface area contributed by atoms with Gasteiger partial charge in [0.25, 0.3) is 0 Å². The van der Waals surface area contributed by atoms with E-state index in [2.05, 4.69) is 24.1 Å². The minimum Gasteiger partial charge on any atom is -0.316 e. The summed E-state index contributed by atoms with van der Waals surface area (Å²) in [6.45, 7) is 11.3. The van der Waals surface area contributed by atoms with Crippen molar-refractivity contribution < 1.29 is 0 Å². The minimum atomic E-state index is 0.916. The molecule has 0 saturated carbocycles. The zero-order valence-corrected chi connectivity index (χ0v) is 8.92. The first-order chi connectivity index (χ1) is 6.25. The first-order valence-corrected chi connectivity index (χ1v) is 5.69. The molecule has 1 N–H and O–H groups in total. The normalized spacial score (nSPS) is 36.5. The summed E-state index contributed by atoms with van der Waals surface area (Å²) < 4.78 is 0. The molecule has 2 atom stereocenters. The van der Waals surface area contributed by atoms with Crippen molar-refractivity contribution in [1.29, 1.82) is 0 Å². The van der Waals surface area contributed by atoms with E-state index in [1.807, 2.05) is 0 Å². The molecular weight excluding hydrogens is 160 g/mol. The van der Waals surface area contributed by atoms with Gasteiger partial charge < -0.3 is 10.2 Å². The van der Waals surface area contributed by atoms with E-state index in [1.54, 1.807) is 0 Å². The lowest BCUT2D eigenvalue weighted by molar-refractivity contribution is 0.251. The van der Waals surface area contributed by atoms with Crippen LogP contribution < -0.4 is 5.32 Å². The van der Waals surface area contributed by atoms with Crippen molar-refractivity contribution in [2.45, 2.75) is 20.3 Å². The van der Waals surface area contributed by atoms with Crippen LogP contribution in [-0.4, -0.2) is 37.6 Å². The summed E-state index contributed by atoms with van der Waals surface area (Å²) in [5, 5.41) is 3.34. The van der Waals surface area contributed by atoms with E-state index < -0.39 is 0 Å². The smallest absolute Gasteiger partial charge is 0.00102 e. The molecule has 0 spiro atoms. The Labute approximate surface area is 81.7 Å². The number of nitrogens with zero attached hydrogens (tertiary/aromatic N) is 1. The van der Waals surface area contributed by atoms with Gasteiger partial charge in [0.1, 0.15) is 0 Å². The third kappa shape index (κ3) is 2.23. The maximum atomic E-state index is 3.34. The number of nitrogens with one attached hydrogen (secondary N) is 1. The van der Waals surface area contributed by atoms with Crippen LogP contribution in [0.1, 0.15) is 20.3 Å². The lowest BCUT2D eigenvalue weighted by atomic mass is 9.99. The van der Waals surface area contributed by atoms with Crippen molar-refractivity contribution in [2.75, 3.05) is 32.7 Å². The monoisotopic (exact) mass is 182 g/mol. The molecule has 2 heteroatoms. The van der Waals surface area contributed by atoms with E-state index in [4.69, 9.17) is 0 Å². The van der Waals surface area contributed by atoms with Gasteiger partial charge in [-0.1, -0.05) is 13.8 Å². The molecular formula is C11H22N2. The van der Waals surface area contributed by atoms with Crippen LogP contribution in [0, 0.1) is 17.8 Å². The van der Waals surface area contributed by atoms with Gasteiger partial charge in [-0.05, 0) is 43.8 Å². The highest BCUT2D eigenvalue weighted by molar-refractivity contribution is 4.81. The minimum absolute atomic E-state index is 0.916. The standard InChI is InChI=1S/C11H22N2/c1-9-7-13(8-10(9)2)4-3-11-5-12-6-11/h9-12H,3-8H2,1-2H3. The van der Waals surface area contributed by atoms with Crippen molar-refractivity contribution in [2.24, 2.45) is 17.8 Å². The zero-order valence-electron chi connectivity index (χ0n) is 8.92. The molecule has 13 heavy (non-hydrogen) atoms. The van der Waals surface area contributed by atoms with E-state index in [1.165, 1.54) is 39.1 Å². The second kappa shape index (κ2) is 3.97. The Bertz CT molecular complexity index is 155. The van der Waals surface area contributed by atoms with Gasteiger partial charge in [-0.2, -0.15) is 0 Å². The Hall–Kier alpha value is -0.0800.